The van der Waals surface area contributed by atoms with Gasteiger partial charge in [0, 0.05) is 38.4 Å². The Balaban J connectivity index is 1.30. The molecule has 2 nitrogen and oxygen atoms in total. The molecule has 0 spiro atoms. The SMILES string of the molecule is CC(C)(C)c1ccc2c(c1)c1cc(C(C)(C)C)cc3c1n2-c1cccc2c1B3c1cc3ccc4ccccc4c3c3c4c5c(ccc6ccccc65)ccc4n-2c13. The van der Waals surface area contributed by atoms with E-state index in [4.69, 9.17) is 0 Å². The largest absolute Gasteiger partial charge is 0.310 e. The van der Waals surface area contributed by atoms with Crippen molar-refractivity contribution in [2.75, 3.05) is 0 Å². The van der Waals surface area contributed by atoms with Crippen LogP contribution in [0.4, 0.5) is 0 Å². The zero-order valence-corrected chi connectivity index (χ0v) is 33.3. The van der Waals surface area contributed by atoms with Crippen molar-refractivity contribution in [1.82, 2.24) is 9.13 Å². The highest BCUT2D eigenvalue weighted by Gasteiger charge is 2.42. The Bertz CT molecular complexity index is 3660. The standard InChI is InChI=1S/C54H41BN2/c1-53(2,3)34-23-25-42-38(27-34)39-28-35(54(4,5)6)29-41-51(39)56(42)44-16-11-17-45-50(44)55(41)40-26-33-21-19-31-13-8-10-15-37(31)47(33)49-48-43(57(45)52(40)49)24-22-32-20-18-30-12-7-9-14-36(30)46(32)48/h7-29H,1-6H3. The van der Waals surface area contributed by atoms with Crippen molar-refractivity contribution in [1.29, 1.82) is 0 Å². The normalized spacial score (nSPS) is 13.8. The van der Waals surface area contributed by atoms with Gasteiger partial charge in [0.15, 0.2) is 0 Å². The van der Waals surface area contributed by atoms with Gasteiger partial charge < -0.3 is 9.13 Å². The van der Waals surface area contributed by atoms with E-state index in [0.29, 0.717) is 0 Å². The Kier molecular flexibility index (Phi) is 5.78. The number of aromatic nitrogens is 2. The van der Waals surface area contributed by atoms with Gasteiger partial charge in [0.2, 0.25) is 0 Å². The summed E-state index contributed by atoms with van der Waals surface area (Å²) >= 11 is 0. The lowest BCUT2D eigenvalue weighted by molar-refractivity contribution is 0.590. The third-order valence-corrected chi connectivity index (χ3v) is 13.7. The first-order chi connectivity index (χ1) is 27.6. The fourth-order valence-electron chi connectivity index (χ4n) is 11.0. The Morgan fingerprint density at radius 2 is 0.947 bits per heavy atom. The number of hydrogen-bond acceptors (Lipinski definition) is 0. The number of benzene rings is 9. The van der Waals surface area contributed by atoms with Gasteiger partial charge >= 0.3 is 0 Å². The average Bonchev–Trinajstić information content (AvgIpc) is 3.74. The van der Waals surface area contributed by atoms with Crippen LogP contribution in [-0.2, 0) is 10.8 Å². The summed E-state index contributed by atoms with van der Waals surface area (Å²) < 4.78 is 5.26. The zero-order chi connectivity index (χ0) is 38.3. The number of hydrogen-bond donors (Lipinski definition) is 0. The molecule has 2 aromatic heterocycles. The first kappa shape index (κ1) is 31.8. The van der Waals surface area contributed by atoms with E-state index in [1.807, 2.05) is 0 Å². The predicted molar refractivity (Wildman–Crippen MR) is 247 cm³/mol. The maximum Gasteiger partial charge on any atom is 0.252 e. The summed E-state index contributed by atoms with van der Waals surface area (Å²) in [5, 5.41) is 15.9. The van der Waals surface area contributed by atoms with E-state index < -0.39 is 0 Å². The van der Waals surface area contributed by atoms with Gasteiger partial charge in [-0.3, -0.25) is 0 Å². The van der Waals surface area contributed by atoms with Crippen molar-refractivity contribution < 1.29 is 0 Å². The highest BCUT2D eigenvalue weighted by atomic mass is 15.0. The number of fused-ring (bicyclic) bond motifs is 18. The molecule has 2 aliphatic rings. The van der Waals surface area contributed by atoms with Crippen LogP contribution in [0.1, 0.15) is 52.7 Å². The van der Waals surface area contributed by atoms with Crippen LogP contribution in [0.25, 0.3) is 98.1 Å². The summed E-state index contributed by atoms with van der Waals surface area (Å²) in [4.78, 5) is 0. The van der Waals surface area contributed by atoms with E-state index in [2.05, 4.69) is 190 Å². The van der Waals surface area contributed by atoms with Crippen LogP contribution in [0.15, 0.2) is 140 Å². The summed E-state index contributed by atoms with van der Waals surface area (Å²) in [6, 6.07) is 54.0. The van der Waals surface area contributed by atoms with E-state index in [-0.39, 0.29) is 17.5 Å². The van der Waals surface area contributed by atoms with E-state index >= 15 is 0 Å². The molecular formula is C54H41BN2. The predicted octanol–water partition coefficient (Wildman–Crippen LogP) is 12.2. The van der Waals surface area contributed by atoms with Crippen LogP contribution in [0, 0.1) is 0 Å². The molecule has 9 aromatic carbocycles. The highest BCUT2D eigenvalue weighted by molar-refractivity contribution is 7.00. The lowest BCUT2D eigenvalue weighted by Crippen LogP contribution is -2.59. The second kappa shape index (κ2) is 10.3. The molecule has 57 heavy (non-hydrogen) atoms. The van der Waals surface area contributed by atoms with Crippen molar-refractivity contribution in [3.05, 3.63) is 151 Å². The minimum atomic E-state index is -0.0261. The molecule has 2 aliphatic heterocycles. The van der Waals surface area contributed by atoms with Crippen molar-refractivity contribution in [2.45, 2.75) is 52.4 Å². The molecule has 0 saturated heterocycles. The number of nitrogens with zero attached hydrogens (tertiary/aromatic N) is 2. The van der Waals surface area contributed by atoms with E-state index in [0.717, 1.165) is 0 Å². The summed E-state index contributed by atoms with van der Waals surface area (Å²) in [5.74, 6) is 0. The summed E-state index contributed by atoms with van der Waals surface area (Å²) in [5.41, 5.74) is 14.8. The van der Waals surface area contributed by atoms with E-state index in [9.17, 15) is 0 Å². The van der Waals surface area contributed by atoms with Gasteiger partial charge in [0.25, 0.3) is 6.71 Å². The lowest BCUT2D eigenvalue weighted by Gasteiger charge is -2.34. The molecule has 0 fully saturated rings. The third-order valence-electron chi connectivity index (χ3n) is 13.7. The van der Waals surface area contributed by atoms with Crippen molar-refractivity contribution in [3.63, 3.8) is 0 Å². The minimum Gasteiger partial charge on any atom is -0.310 e. The average molecular weight is 729 g/mol. The lowest BCUT2D eigenvalue weighted by atomic mass is 9.34. The maximum absolute atomic E-state index is 2.65. The van der Waals surface area contributed by atoms with Gasteiger partial charge in [-0.2, -0.15) is 0 Å². The second-order valence-corrected chi connectivity index (χ2v) is 18.9. The third kappa shape index (κ3) is 3.92. The van der Waals surface area contributed by atoms with Crippen molar-refractivity contribution in [2.24, 2.45) is 0 Å². The van der Waals surface area contributed by atoms with Crippen LogP contribution in [0.3, 0.4) is 0 Å². The highest BCUT2D eigenvalue weighted by Crippen LogP contribution is 2.46. The molecule has 0 amide bonds. The van der Waals surface area contributed by atoms with Crippen LogP contribution in [0.2, 0.25) is 0 Å². The van der Waals surface area contributed by atoms with Crippen molar-refractivity contribution >= 4 is 110 Å². The molecule has 0 N–H and O–H groups in total. The Morgan fingerprint density at radius 3 is 1.65 bits per heavy atom. The van der Waals surface area contributed by atoms with Gasteiger partial charge in [0.1, 0.15) is 0 Å². The molecule has 13 rings (SSSR count). The maximum atomic E-state index is 2.65. The van der Waals surface area contributed by atoms with Crippen LogP contribution in [-0.4, -0.2) is 15.8 Å². The summed E-state index contributed by atoms with van der Waals surface area (Å²) in [7, 11) is 0. The second-order valence-electron chi connectivity index (χ2n) is 18.9. The van der Waals surface area contributed by atoms with Crippen LogP contribution in [0.5, 0.6) is 0 Å². The van der Waals surface area contributed by atoms with Gasteiger partial charge in [-0.15, -0.1) is 0 Å². The van der Waals surface area contributed by atoms with Gasteiger partial charge in [-0.25, -0.2) is 0 Å². The topological polar surface area (TPSA) is 9.86 Å². The fraction of sp³-hybridized carbons (Fsp3) is 0.148. The monoisotopic (exact) mass is 728 g/mol. The summed E-state index contributed by atoms with van der Waals surface area (Å²) in [6.07, 6.45) is 0. The molecule has 0 aliphatic carbocycles. The Morgan fingerprint density at radius 1 is 0.386 bits per heavy atom. The first-order valence-electron chi connectivity index (χ1n) is 20.6. The fourth-order valence-corrected chi connectivity index (χ4v) is 11.0. The molecule has 11 aromatic rings. The molecule has 270 valence electrons. The van der Waals surface area contributed by atoms with E-state index in [1.54, 1.807) is 0 Å². The molecule has 4 heterocycles. The minimum absolute atomic E-state index is 0.0261. The van der Waals surface area contributed by atoms with Gasteiger partial charge in [-0.1, -0.05) is 145 Å². The molecule has 0 bridgehead atoms. The first-order valence-corrected chi connectivity index (χ1v) is 20.6. The van der Waals surface area contributed by atoms with Gasteiger partial charge in [0.05, 0.1) is 16.6 Å². The van der Waals surface area contributed by atoms with Crippen molar-refractivity contribution in [3.8, 4) is 11.4 Å². The van der Waals surface area contributed by atoms with E-state index in [1.165, 1.54) is 126 Å². The molecule has 3 heteroatoms. The molecule has 0 radical (unpaired) electrons. The van der Waals surface area contributed by atoms with Crippen LogP contribution < -0.4 is 16.4 Å². The van der Waals surface area contributed by atoms with Gasteiger partial charge in [-0.05, 0) is 118 Å². The quantitative estimate of drug-likeness (QED) is 0.109. The number of rotatable bonds is 0. The van der Waals surface area contributed by atoms with Crippen LogP contribution >= 0.6 is 0 Å². The smallest absolute Gasteiger partial charge is 0.252 e. The zero-order valence-electron chi connectivity index (χ0n) is 33.3. The molecule has 0 atom stereocenters. The summed E-state index contributed by atoms with van der Waals surface area (Å²) in [6.45, 7) is 14.2. The molecule has 0 saturated carbocycles. The Hall–Kier alpha value is -6.32. The Labute approximate surface area is 332 Å². The molecular weight excluding hydrogens is 687 g/mol. The molecule has 0 unspecified atom stereocenters.